The summed E-state index contributed by atoms with van der Waals surface area (Å²) in [6.45, 7) is 4.07. The van der Waals surface area contributed by atoms with Gasteiger partial charge < -0.3 is 16.0 Å². The van der Waals surface area contributed by atoms with Crippen molar-refractivity contribution >= 4 is 11.6 Å². The van der Waals surface area contributed by atoms with Gasteiger partial charge in [0.2, 0.25) is 5.91 Å². The van der Waals surface area contributed by atoms with Crippen LogP contribution in [0.2, 0.25) is 0 Å². The van der Waals surface area contributed by atoms with Crippen LogP contribution in [0.4, 0.5) is 5.69 Å². The summed E-state index contributed by atoms with van der Waals surface area (Å²) in [5, 5.41) is 3.02. The van der Waals surface area contributed by atoms with Crippen molar-refractivity contribution in [3.8, 4) is 0 Å². The number of carbonyl (C=O) groups excluding carboxylic acids is 1. The molecule has 0 radical (unpaired) electrons. The highest BCUT2D eigenvalue weighted by atomic mass is 16.1. The molecule has 0 fully saturated rings. The van der Waals surface area contributed by atoms with Crippen molar-refractivity contribution in [2.24, 2.45) is 0 Å². The summed E-state index contributed by atoms with van der Waals surface area (Å²) in [6, 6.07) is 7.60. The van der Waals surface area contributed by atoms with Crippen LogP contribution in [0.3, 0.4) is 0 Å². The molecule has 0 spiro atoms. The second kappa shape index (κ2) is 6.92. The van der Waals surface area contributed by atoms with E-state index in [9.17, 15) is 4.79 Å². The zero-order valence-electron chi connectivity index (χ0n) is 12.5. The third kappa shape index (κ3) is 4.08. The molecular formula is C16H22N4O. The van der Waals surface area contributed by atoms with E-state index in [1.807, 2.05) is 38.1 Å². The Balaban J connectivity index is 1.93. The Morgan fingerprint density at radius 2 is 2.10 bits per heavy atom. The van der Waals surface area contributed by atoms with Gasteiger partial charge in [0.15, 0.2) is 0 Å². The zero-order chi connectivity index (χ0) is 15.2. The van der Waals surface area contributed by atoms with E-state index in [-0.39, 0.29) is 17.9 Å². The van der Waals surface area contributed by atoms with Crippen LogP contribution in [0.5, 0.6) is 0 Å². The highest BCUT2D eigenvalue weighted by Gasteiger charge is 2.17. The first-order valence-corrected chi connectivity index (χ1v) is 7.24. The Morgan fingerprint density at radius 3 is 2.67 bits per heavy atom. The molecule has 0 aliphatic heterocycles. The number of nitrogen functional groups attached to an aromatic ring is 1. The number of nitrogens with two attached hydrogens (primary N) is 1. The molecule has 1 aromatic heterocycles. The quantitative estimate of drug-likeness (QED) is 0.714. The number of nitrogens with one attached hydrogen (secondary N) is 2. The maximum atomic E-state index is 12.2. The molecule has 112 valence electrons. The Hall–Kier alpha value is -2.30. The molecule has 0 saturated carbocycles. The molecule has 5 nitrogen and oxygen atoms in total. The number of rotatable bonds is 6. The van der Waals surface area contributed by atoms with Gasteiger partial charge in [0.05, 0.1) is 6.04 Å². The van der Waals surface area contributed by atoms with Gasteiger partial charge in [-0.15, -0.1) is 0 Å². The number of benzene rings is 1. The van der Waals surface area contributed by atoms with Crippen LogP contribution in [0, 0.1) is 0 Å². The molecule has 0 bridgehead atoms. The molecule has 0 aliphatic carbocycles. The van der Waals surface area contributed by atoms with Gasteiger partial charge >= 0.3 is 0 Å². The Morgan fingerprint density at radius 1 is 1.38 bits per heavy atom. The number of hydrogen-bond donors (Lipinski definition) is 3. The Bertz CT molecular complexity index is 562. The van der Waals surface area contributed by atoms with Gasteiger partial charge in [-0.25, -0.2) is 4.98 Å². The fourth-order valence-electron chi connectivity index (χ4n) is 2.31. The molecule has 4 N–H and O–H groups in total. The average molecular weight is 286 g/mol. The lowest BCUT2D eigenvalue weighted by molar-refractivity contribution is -0.122. The minimum absolute atomic E-state index is 0.0302. The Kier molecular flexibility index (Phi) is 4.98. The standard InChI is InChI=1S/C16H22N4O/c1-3-14(16-18-8-9-19-16)20-15(21)10-11(2)12-4-6-13(17)7-5-12/h4-9,11,14H,3,10,17H2,1-2H3,(H,18,19)(H,20,21). The fourth-order valence-corrected chi connectivity index (χ4v) is 2.31. The van der Waals surface area contributed by atoms with Crippen molar-refractivity contribution in [3.05, 3.63) is 48.0 Å². The van der Waals surface area contributed by atoms with E-state index in [0.717, 1.165) is 23.5 Å². The van der Waals surface area contributed by atoms with Crippen LogP contribution in [-0.2, 0) is 4.79 Å². The van der Waals surface area contributed by atoms with Gasteiger partial charge in [-0.1, -0.05) is 26.0 Å². The van der Waals surface area contributed by atoms with Gasteiger partial charge in [-0.2, -0.15) is 0 Å². The summed E-state index contributed by atoms with van der Waals surface area (Å²) in [4.78, 5) is 19.4. The van der Waals surface area contributed by atoms with E-state index in [0.29, 0.717) is 6.42 Å². The molecule has 2 unspecified atom stereocenters. The van der Waals surface area contributed by atoms with E-state index in [1.54, 1.807) is 12.4 Å². The van der Waals surface area contributed by atoms with Gasteiger partial charge in [0.1, 0.15) is 5.82 Å². The smallest absolute Gasteiger partial charge is 0.221 e. The fraction of sp³-hybridized carbons (Fsp3) is 0.375. The number of imidazole rings is 1. The summed E-state index contributed by atoms with van der Waals surface area (Å²) in [6.07, 6.45) is 4.71. The third-order valence-electron chi connectivity index (χ3n) is 3.59. The van der Waals surface area contributed by atoms with Gasteiger partial charge in [0, 0.05) is 24.5 Å². The number of anilines is 1. The first-order valence-electron chi connectivity index (χ1n) is 7.24. The van der Waals surface area contributed by atoms with Crippen LogP contribution < -0.4 is 11.1 Å². The number of carbonyl (C=O) groups is 1. The van der Waals surface area contributed by atoms with Gasteiger partial charge in [-0.3, -0.25) is 4.79 Å². The Labute approximate surface area is 125 Å². The predicted molar refractivity (Wildman–Crippen MR) is 83.6 cm³/mol. The maximum absolute atomic E-state index is 12.2. The van der Waals surface area contributed by atoms with Gasteiger partial charge in [-0.05, 0) is 30.0 Å². The predicted octanol–water partition coefficient (Wildman–Crippen LogP) is 2.75. The monoisotopic (exact) mass is 286 g/mol. The lowest BCUT2D eigenvalue weighted by Gasteiger charge is -2.17. The van der Waals surface area contributed by atoms with Gasteiger partial charge in [0.25, 0.3) is 0 Å². The molecule has 1 heterocycles. The molecule has 21 heavy (non-hydrogen) atoms. The molecule has 5 heteroatoms. The molecule has 2 atom stereocenters. The van der Waals surface area contributed by atoms with Crippen molar-refractivity contribution in [2.45, 2.75) is 38.6 Å². The van der Waals surface area contributed by atoms with E-state index >= 15 is 0 Å². The van der Waals surface area contributed by atoms with E-state index < -0.39 is 0 Å². The SMILES string of the molecule is CCC(NC(=O)CC(C)c1ccc(N)cc1)c1ncc[nH]1. The molecule has 0 saturated heterocycles. The minimum Gasteiger partial charge on any atom is -0.399 e. The first-order chi connectivity index (χ1) is 10.1. The second-order valence-electron chi connectivity index (χ2n) is 5.27. The minimum atomic E-state index is -0.0638. The molecule has 0 aliphatic rings. The molecule has 1 amide bonds. The lowest BCUT2D eigenvalue weighted by atomic mass is 9.97. The molecule has 2 rings (SSSR count). The summed E-state index contributed by atoms with van der Waals surface area (Å²) in [5.74, 6) is 0.980. The topological polar surface area (TPSA) is 83.8 Å². The van der Waals surface area contributed by atoms with Crippen LogP contribution >= 0.6 is 0 Å². The van der Waals surface area contributed by atoms with Crippen molar-refractivity contribution < 1.29 is 4.79 Å². The summed E-state index contributed by atoms with van der Waals surface area (Å²) in [7, 11) is 0. The van der Waals surface area contributed by atoms with Crippen molar-refractivity contribution in [3.63, 3.8) is 0 Å². The number of amides is 1. The lowest BCUT2D eigenvalue weighted by Crippen LogP contribution is -2.29. The third-order valence-corrected chi connectivity index (χ3v) is 3.59. The van der Waals surface area contributed by atoms with Crippen molar-refractivity contribution in [1.82, 2.24) is 15.3 Å². The van der Waals surface area contributed by atoms with E-state index in [4.69, 9.17) is 5.73 Å². The number of H-pyrrole nitrogens is 1. The van der Waals surface area contributed by atoms with Crippen LogP contribution in [0.1, 0.15) is 50.0 Å². The van der Waals surface area contributed by atoms with Crippen LogP contribution in [-0.4, -0.2) is 15.9 Å². The normalized spacial score (nSPS) is 13.6. The molecule has 1 aromatic carbocycles. The molecule has 2 aromatic rings. The summed E-state index contributed by atoms with van der Waals surface area (Å²) in [5.41, 5.74) is 7.53. The van der Waals surface area contributed by atoms with Crippen molar-refractivity contribution in [2.75, 3.05) is 5.73 Å². The van der Waals surface area contributed by atoms with Crippen LogP contribution in [0.25, 0.3) is 0 Å². The number of aromatic amines is 1. The highest BCUT2D eigenvalue weighted by Crippen LogP contribution is 2.21. The summed E-state index contributed by atoms with van der Waals surface area (Å²) >= 11 is 0. The first kappa shape index (κ1) is 15.1. The number of aromatic nitrogens is 2. The zero-order valence-corrected chi connectivity index (χ0v) is 12.5. The maximum Gasteiger partial charge on any atom is 0.221 e. The van der Waals surface area contributed by atoms with Crippen molar-refractivity contribution in [1.29, 1.82) is 0 Å². The molecular weight excluding hydrogens is 264 g/mol. The highest BCUT2D eigenvalue weighted by molar-refractivity contribution is 5.77. The summed E-state index contributed by atoms with van der Waals surface area (Å²) < 4.78 is 0. The van der Waals surface area contributed by atoms with Crippen LogP contribution in [0.15, 0.2) is 36.7 Å². The van der Waals surface area contributed by atoms with E-state index in [1.165, 1.54) is 0 Å². The van der Waals surface area contributed by atoms with E-state index in [2.05, 4.69) is 15.3 Å². The largest absolute Gasteiger partial charge is 0.399 e. The second-order valence-corrected chi connectivity index (χ2v) is 5.27. The number of hydrogen-bond acceptors (Lipinski definition) is 3. The number of nitrogens with zero attached hydrogens (tertiary/aromatic N) is 1. The average Bonchev–Trinajstić information content (AvgIpc) is 2.99.